The second-order valence-electron chi connectivity index (χ2n) is 2.91. The molecule has 0 saturated carbocycles. The first-order chi connectivity index (χ1) is 6.22. The van der Waals surface area contributed by atoms with Gasteiger partial charge in [0.15, 0.2) is 0 Å². The van der Waals surface area contributed by atoms with Gasteiger partial charge in [0.2, 0.25) is 5.91 Å². The summed E-state index contributed by atoms with van der Waals surface area (Å²) >= 11 is 0. The third-order valence-electron chi connectivity index (χ3n) is 1.63. The van der Waals surface area contributed by atoms with E-state index < -0.39 is 0 Å². The second-order valence-corrected chi connectivity index (χ2v) is 2.91. The van der Waals surface area contributed by atoms with Crippen molar-refractivity contribution in [3.8, 4) is 0 Å². The van der Waals surface area contributed by atoms with Crippen molar-refractivity contribution in [2.45, 2.75) is 13.3 Å². The van der Waals surface area contributed by atoms with Crippen molar-refractivity contribution in [1.29, 1.82) is 0 Å². The van der Waals surface area contributed by atoms with Crippen molar-refractivity contribution in [2.24, 2.45) is 0 Å². The Kier molecular flexibility index (Phi) is 3.26. The molecule has 13 heavy (non-hydrogen) atoms. The van der Waals surface area contributed by atoms with E-state index in [4.69, 9.17) is 0 Å². The second kappa shape index (κ2) is 4.45. The average Bonchev–Trinajstić information content (AvgIpc) is 2.04. The topological polar surface area (TPSA) is 29.1 Å². The maximum atomic E-state index is 11.1. The fourth-order valence-corrected chi connectivity index (χ4v) is 1.07. The number of aryl methyl sites for hydroxylation is 1. The van der Waals surface area contributed by atoms with Gasteiger partial charge in [0, 0.05) is 12.1 Å². The summed E-state index contributed by atoms with van der Waals surface area (Å²) in [6.07, 6.45) is 1.94. The van der Waals surface area contributed by atoms with Gasteiger partial charge >= 0.3 is 0 Å². The first-order valence-corrected chi connectivity index (χ1v) is 4.20. The van der Waals surface area contributed by atoms with Gasteiger partial charge in [-0.05, 0) is 24.6 Å². The minimum absolute atomic E-state index is 0.0272. The van der Waals surface area contributed by atoms with E-state index in [2.05, 4.69) is 11.9 Å². The Balaban J connectivity index is 2.63. The van der Waals surface area contributed by atoms with Gasteiger partial charge < -0.3 is 5.32 Å². The molecule has 0 unspecified atom stereocenters. The molecule has 0 bridgehead atoms. The van der Waals surface area contributed by atoms with Gasteiger partial charge in [-0.3, -0.25) is 4.79 Å². The summed E-state index contributed by atoms with van der Waals surface area (Å²) in [5.74, 6) is -0.0272. The number of rotatable bonds is 3. The quantitative estimate of drug-likeness (QED) is 0.702. The van der Waals surface area contributed by atoms with Crippen molar-refractivity contribution in [2.75, 3.05) is 5.32 Å². The largest absolute Gasteiger partial charge is 0.326 e. The molecule has 0 aliphatic heterocycles. The summed E-state index contributed by atoms with van der Waals surface area (Å²) in [6, 6.07) is 7.71. The third kappa shape index (κ3) is 3.11. The van der Waals surface area contributed by atoms with E-state index in [-0.39, 0.29) is 5.91 Å². The van der Waals surface area contributed by atoms with Gasteiger partial charge in [0.25, 0.3) is 0 Å². The molecule has 0 aliphatic carbocycles. The molecule has 1 amide bonds. The molecule has 0 heterocycles. The first kappa shape index (κ1) is 9.52. The maximum Gasteiger partial charge on any atom is 0.228 e. The molecule has 0 aliphatic rings. The van der Waals surface area contributed by atoms with Crippen LogP contribution in [0.4, 0.5) is 5.69 Å². The van der Waals surface area contributed by atoms with E-state index in [9.17, 15) is 4.79 Å². The number of nitrogens with one attached hydrogen (secondary N) is 1. The van der Waals surface area contributed by atoms with Crippen LogP contribution >= 0.6 is 0 Å². The van der Waals surface area contributed by atoms with Crippen molar-refractivity contribution in [3.05, 3.63) is 42.5 Å². The number of carbonyl (C=O) groups excluding carboxylic acids is 1. The smallest absolute Gasteiger partial charge is 0.228 e. The summed E-state index contributed by atoms with van der Waals surface area (Å²) < 4.78 is 0. The molecule has 0 fully saturated rings. The molecule has 0 aromatic heterocycles. The van der Waals surface area contributed by atoms with Crippen LogP contribution in [0.3, 0.4) is 0 Å². The van der Waals surface area contributed by atoms with Gasteiger partial charge in [0.1, 0.15) is 0 Å². The number of benzene rings is 1. The summed E-state index contributed by atoms with van der Waals surface area (Å²) in [7, 11) is 0. The lowest BCUT2D eigenvalue weighted by Gasteiger charge is -2.03. The van der Waals surface area contributed by atoms with Crippen LogP contribution in [0.1, 0.15) is 12.0 Å². The van der Waals surface area contributed by atoms with Crippen LogP contribution in [0.5, 0.6) is 0 Å². The Morgan fingerprint density at radius 2 is 2.38 bits per heavy atom. The van der Waals surface area contributed by atoms with Gasteiger partial charge in [0.05, 0.1) is 0 Å². The zero-order valence-electron chi connectivity index (χ0n) is 7.71. The minimum Gasteiger partial charge on any atom is -0.326 e. The number of hydrogen-bond acceptors (Lipinski definition) is 1. The lowest BCUT2D eigenvalue weighted by Crippen LogP contribution is -2.09. The molecule has 0 radical (unpaired) electrons. The summed E-state index contributed by atoms with van der Waals surface area (Å²) in [5.41, 5.74) is 1.98. The highest BCUT2D eigenvalue weighted by atomic mass is 16.1. The highest BCUT2D eigenvalue weighted by Crippen LogP contribution is 2.09. The molecule has 1 N–H and O–H groups in total. The van der Waals surface area contributed by atoms with Gasteiger partial charge in [-0.2, -0.15) is 0 Å². The van der Waals surface area contributed by atoms with Gasteiger partial charge in [-0.1, -0.05) is 18.2 Å². The predicted octanol–water partition coefficient (Wildman–Crippen LogP) is 2.51. The van der Waals surface area contributed by atoms with E-state index in [1.165, 1.54) is 0 Å². The normalized spacial score (nSPS) is 9.31. The Bertz CT molecular complexity index is 318. The van der Waals surface area contributed by atoms with Crippen LogP contribution in [0, 0.1) is 6.92 Å². The average molecular weight is 175 g/mol. The standard InChI is InChI=1S/C11H13NO/c1-3-5-11(13)12-10-7-4-6-9(2)8-10/h3-4,6-8H,1,5H2,2H3,(H,12,13). The molecule has 0 saturated heterocycles. The Morgan fingerprint density at radius 3 is 3.00 bits per heavy atom. The van der Waals surface area contributed by atoms with E-state index >= 15 is 0 Å². The van der Waals surface area contributed by atoms with Crippen LogP contribution in [0.2, 0.25) is 0 Å². The van der Waals surface area contributed by atoms with Crippen molar-refractivity contribution < 1.29 is 4.79 Å². The fraction of sp³-hybridized carbons (Fsp3) is 0.182. The van der Waals surface area contributed by atoms with Crippen molar-refractivity contribution in [3.63, 3.8) is 0 Å². The molecule has 2 nitrogen and oxygen atoms in total. The molecule has 1 aromatic carbocycles. The molecule has 68 valence electrons. The Hall–Kier alpha value is -1.57. The van der Waals surface area contributed by atoms with Crippen LogP contribution in [-0.2, 0) is 4.79 Å². The molecule has 0 spiro atoms. The zero-order chi connectivity index (χ0) is 9.68. The van der Waals surface area contributed by atoms with Crippen molar-refractivity contribution >= 4 is 11.6 Å². The number of amides is 1. The lowest BCUT2D eigenvalue weighted by molar-refractivity contribution is -0.115. The molecular weight excluding hydrogens is 162 g/mol. The summed E-state index contributed by atoms with van der Waals surface area (Å²) in [4.78, 5) is 11.1. The van der Waals surface area contributed by atoms with E-state index in [0.29, 0.717) is 6.42 Å². The highest BCUT2D eigenvalue weighted by molar-refractivity contribution is 5.91. The van der Waals surface area contributed by atoms with E-state index in [1.54, 1.807) is 6.08 Å². The Morgan fingerprint density at radius 1 is 1.62 bits per heavy atom. The monoisotopic (exact) mass is 175 g/mol. The molecule has 2 heteroatoms. The van der Waals surface area contributed by atoms with Crippen LogP contribution in [-0.4, -0.2) is 5.91 Å². The van der Waals surface area contributed by atoms with Crippen LogP contribution in [0.15, 0.2) is 36.9 Å². The van der Waals surface area contributed by atoms with Crippen LogP contribution in [0.25, 0.3) is 0 Å². The SMILES string of the molecule is C=CCC(=O)Nc1cccc(C)c1. The number of carbonyl (C=O) groups is 1. The number of hydrogen-bond donors (Lipinski definition) is 1. The molecule has 1 aromatic rings. The molecular formula is C11H13NO. The molecule has 1 rings (SSSR count). The third-order valence-corrected chi connectivity index (χ3v) is 1.63. The maximum absolute atomic E-state index is 11.1. The van der Waals surface area contributed by atoms with Crippen LogP contribution < -0.4 is 5.32 Å². The van der Waals surface area contributed by atoms with Gasteiger partial charge in [-0.25, -0.2) is 0 Å². The van der Waals surface area contributed by atoms with E-state index in [0.717, 1.165) is 11.3 Å². The highest BCUT2D eigenvalue weighted by Gasteiger charge is 1.98. The lowest BCUT2D eigenvalue weighted by atomic mass is 10.2. The minimum atomic E-state index is -0.0272. The molecule has 0 atom stereocenters. The Labute approximate surface area is 78.3 Å². The summed E-state index contributed by atoms with van der Waals surface area (Å²) in [5, 5.41) is 2.77. The zero-order valence-corrected chi connectivity index (χ0v) is 7.71. The number of anilines is 1. The predicted molar refractivity (Wildman–Crippen MR) is 54.6 cm³/mol. The van der Waals surface area contributed by atoms with E-state index in [1.807, 2.05) is 31.2 Å². The first-order valence-electron chi connectivity index (χ1n) is 4.20. The fourth-order valence-electron chi connectivity index (χ4n) is 1.07. The van der Waals surface area contributed by atoms with Crippen molar-refractivity contribution in [1.82, 2.24) is 0 Å². The summed E-state index contributed by atoms with van der Waals surface area (Å²) in [6.45, 7) is 5.49. The van der Waals surface area contributed by atoms with Gasteiger partial charge in [-0.15, -0.1) is 6.58 Å².